The summed E-state index contributed by atoms with van der Waals surface area (Å²) in [7, 11) is 0. The third-order valence-corrected chi connectivity index (χ3v) is 4.52. The van der Waals surface area contributed by atoms with Gasteiger partial charge in [-0.25, -0.2) is 4.79 Å². The average Bonchev–Trinajstić information content (AvgIpc) is 2.51. The third-order valence-electron chi connectivity index (χ3n) is 4.52. The summed E-state index contributed by atoms with van der Waals surface area (Å²) in [5.41, 5.74) is 0.0559. The topological polar surface area (TPSA) is 93.2 Å². The Morgan fingerprint density at radius 2 is 1.92 bits per heavy atom. The van der Waals surface area contributed by atoms with E-state index in [1.54, 1.807) is 18.6 Å². The fourth-order valence-corrected chi connectivity index (χ4v) is 2.83. The maximum absolute atomic E-state index is 12.2. The minimum absolute atomic E-state index is 0.0144. The number of alkyl carbamates (subject to hydrolysis) is 1. The van der Waals surface area contributed by atoms with Gasteiger partial charge in [-0.3, -0.25) is 14.8 Å². The van der Waals surface area contributed by atoms with Crippen LogP contribution in [0.4, 0.5) is 4.79 Å². The molecule has 1 aromatic heterocycles. The van der Waals surface area contributed by atoms with Crippen molar-refractivity contribution in [3.8, 4) is 0 Å². The van der Waals surface area contributed by atoms with Gasteiger partial charge in [0.05, 0.1) is 5.69 Å². The molecule has 7 heteroatoms. The highest BCUT2D eigenvalue weighted by Crippen LogP contribution is 2.40. The van der Waals surface area contributed by atoms with E-state index in [4.69, 9.17) is 4.74 Å². The summed E-state index contributed by atoms with van der Waals surface area (Å²) in [5.74, 6) is -0.0144. The minimum Gasteiger partial charge on any atom is -0.444 e. The van der Waals surface area contributed by atoms with Crippen LogP contribution in [-0.2, 0) is 16.0 Å². The molecule has 1 saturated carbocycles. The molecule has 1 fully saturated rings. The highest BCUT2D eigenvalue weighted by Gasteiger charge is 2.49. The van der Waals surface area contributed by atoms with Gasteiger partial charge >= 0.3 is 6.09 Å². The first kappa shape index (κ1) is 19.1. The Balaban J connectivity index is 1.77. The van der Waals surface area contributed by atoms with Gasteiger partial charge < -0.3 is 15.4 Å². The zero-order chi connectivity index (χ0) is 18.7. The molecule has 0 radical (unpaired) electrons. The standard InChI is InChI=1S/C18H28N4O3/c1-17(2,3)25-16(24)22-14-10-13(18(14,4)5)21-15(23)7-6-12-11-19-8-9-20-12/h8-9,11,13-14H,6-7,10H2,1-5H3,(H,21,23)(H,22,24). The summed E-state index contributed by atoms with van der Waals surface area (Å²) in [4.78, 5) is 32.2. The number of hydrogen-bond donors (Lipinski definition) is 2. The van der Waals surface area contributed by atoms with Crippen molar-refractivity contribution in [3.63, 3.8) is 0 Å². The van der Waals surface area contributed by atoms with E-state index in [0.29, 0.717) is 19.3 Å². The zero-order valence-corrected chi connectivity index (χ0v) is 15.6. The van der Waals surface area contributed by atoms with Gasteiger partial charge in [0.25, 0.3) is 0 Å². The average molecular weight is 348 g/mol. The summed E-state index contributed by atoms with van der Waals surface area (Å²) in [6, 6.07) is 0.00874. The Bertz CT molecular complexity index is 610. The van der Waals surface area contributed by atoms with Crippen LogP contribution < -0.4 is 10.6 Å². The van der Waals surface area contributed by atoms with Gasteiger partial charge in [-0.15, -0.1) is 0 Å². The van der Waals surface area contributed by atoms with Crippen LogP contribution in [-0.4, -0.2) is 39.7 Å². The number of ether oxygens (including phenoxy) is 1. The molecule has 138 valence electrons. The number of amides is 2. The lowest BCUT2D eigenvalue weighted by Gasteiger charge is -2.52. The SMILES string of the molecule is CC(C)(C)OC(=O)NC1CC(NC(=O)CCc2cnccn2)C1(C)C. The highest BCUT2D eigenvalue weighted by atomic mass is 16.6. The summed E-state index contributed by atoms with van der Waals surface area (Å²) in [6.45, 7) is 9.56. The van der Waals surface area contributed by atoms with E-state index in [-0.39, 0.29) is 23.4 Å². The van der Waals surface area contributed by atoms with Crippen LogP contribution in [0.3, 0.4) is 0 Å². The predicted octanol–water partition coefficient (Wildman–Crippen LogP) is 2.22. The van der Waals surface area contributed by atoms with Crippen LogP contribution in [0, 0.1) is 5.41 Å². The van der Waals surface area contributed by atoms with Crippen molar-refractivity contribution in [1.29, 1.82) is 0 Å². The zero-order valence-electron chi connectivity index (χ0n) is 15.6. The normalized spacial score (nSPS) is 21.8. The molecule has 7 nitrogen and oxygen atoms in total. The van der Waals surface area contributed by atoms with E-state index in [9.17, 15) is 9.59 Å². The molecule has 0 saturated heterocycles. The van der Waals surface area contributed by atoms with Gasteiger partial charge in [-0.05, 0) is 33.6 Å². The Morgan fingerprint density at radius 3 is 2.48 bits per heavy atom. The third kappa shape index (κ3) is 5.41. The first-order chi connectivity index (χ1) is 11.6. The molecule has 0 spiro atoms. The second-order valence-corrected chi connectivity index (χ2v) is 8.07. The molecule has 0 aliphatic heterocycles. The summed E-state index contributed by atoms with van der Waals surface area (Å²) in [6.07, 6.45) is 6.11. The number of hydrogen-bond acceptors (Lipinski definition) is 5. The van der Waals surface area contributed by atoms with Gasteiger partial charge in [0.1, 0.15) is 5.60 Å². The molecule has 25 heavy (non-hydrogen) atoms. The van der Waals surface area contributed by atoms with Crippen LogP contribution >= 0.6 is 0 Å². The molecule has 2 rings (SSSR count). The maximum Gasteiger partial charge on any atom is 0.407 e. The van der Waals surface area contributed by atoms with Crippen LogP contribution in [0.1, 0.15) is 53.2 Å². The lowest BCUT2D eigenvalue weighted by atomic mass is 9.63. The smallest absolute Gasteiger partial charge is 0.407 e. The number of rotatable bonds is 5. The van der Waals surface area contributed by atoms with E-state index in [1.807, 2.05) is 34.6 Å². The summed E-state index contributed by atoms with van der Waals surface area (Å²) in [5, 5.41) is 5.94. The molecule has 1 aliphatic carbocycles. The number of carbonyl (C=O) groups excluding carboxylic acids is 2. The molecule has 2 unspecified atom stereocenters. The number of carbonyl (C=O) groups is 2. The van der Waals surface area contributed by atoms with Crippen LogP contribution in [0.5, 0.6) is 0 Å². The Kier molecular flexibility index (Phi) is 5.65. The quantitative estimate of drug-likeness (QED) is 0.851. The van der Waals surface area contributed by atoms with E-state index in [0.717, 1.165) is 5.69 Å². The first-order valence-corrected chi connectivity index (χ1v) is 8.62. The molecule has 0 aromatic carbocycles. The number of aromatic nitrogens is 2. The summed E-state index contributed by atoms with van der Waals surface area (Å²) >= 11 is 0. The second-order valence-electron chi connectivity index (χ2n) is 8.07. The second kappa shape index (κ2) is 7.37. The molecule has 1 aliphatic rings. The molecular weight excluding hydrogens is 320 g/mol. The first-order valence-electron chi connectivity index (χ1n) is 8.62. The van der Waals surface area contributed by atoms with E-state index >= 15 is 0 Å². The number of nitrogens with zero attached hydrogens (tertiary/aromatic N) is 2. The molecule has 2 amide bonds. The molecule has 0 bridgehead atoms. The van der Waals surface area contributed by atoms with Crippen LogP contribution in [0.2, 0.25) is 0 Å². The van der Waals surface area contributed by atoms with E-state index in [2.05, 4.69) is 20.6 Å². The fourth-order valence-electron chi connectivity index (χ4n) is 2.83. The largest absolute Gasteiger partial charge is 0.444 e. The predicted molar refractivity (Wildman–Crippen MR) is 93.8 cm³/mol. The van der Waals surface area contributed by atoms with E-state index < -0.39 is 11.7 Å². The van der Waals surface area contributed by atoms with Gasteiger partial charge in [-0.2, -0.15) is 0 Å². The Morgan fingerprint density at radius 1 is 1.24 bits per heavy atom. The van der Waals surface area contributed by atoms with Gasteiger partial charge in [0.2, 0.25) is 5.91 Å². The van der Waals surface area contributed by atoms with Crippen LogP contribution in [0.15, 0.2) is 18.6 Å². The van der Waals surface area contributed by atoms with Gasteiger partial charge in [0.15, 0.2) is 0 Å². The highest BCUT2D eigenvalue weighted by molar-refractivity contribution is 5.77. The molecule has 1 aromatic rings. The van der Waals surface area contributed by atoms with Crippen LogP contribution in [0.25, 0.3) is 0 Å². The van der Waals surface area contributed by atoms with Crippen molar-refractivity contribution >= 4 is 12.0 Å². The fraction of sp³-hybridized carbons (Fsp3) is 0.667. The van der Waals surface area contributed by atoms with Crippen molar-refractivity contribution in [2.45, 2.75) is 71.6 Å². The van der Waals surface area contributed by atoms with Gasteiger partial charge in [-0.1, -0.05) is 13.8 Å². The Hall–Kier alpha value is -2.18. The molecular formula is C18H28N4O3. The van der Waals surface area contributed by atoms with Crippen molar-refractivity contribution in [3.05, 3.63) is 24.3 Å². The molecule has 2 atom stereocenters. The van der Waals surface area contributed by atoms with Gasteiger partial charge in [0, 0.05) is 42.5 Å². The maximum atomic E-state index is 12.2. The summed E-state index contributed by atoms with van der Waals surface area (Å²) < 4.78 is 5.29. The van der Waals surface area contributed by atoms with Crippen molar-refractivity contribution in [2.75, 3.05) is 0 Å². The number of aryl methyl sites for hydroxylation is 1. The molecule has 1 heterocycles. The number of nitrogens with one attached hydrogen (secondary N) is 2. The molecule has 2 N–H and O–H groups in total. The van der Waals surface area contributed by atoms with Crippen molar-refractivity contribution in [1.82, 2.24) is 20.6 Å². The monoisotopic (exact) mass is 348 g/mol. The van der Waals surface area contributed by atoms with Crippen molar-refractivity contribution in [2.24, 2.45) is 5.41 Å². The minimum atomic E-state index is -0.522. The Labute approximate surface area is 149 Å². The van der Waals surface area contributed by atoms with E-state index in [1.165, 1.54) is 0 Å². The van der Waals surface area contributed by atoms with Crippen molar-refractivity contribution < 1.29 is 14.3 Å². The lowest BCUT2D eigenvalue weighted by Crippen LogP contribution is -2.66. The lowest BCUT2D eigenvalue weighted by molar-refractivity contribution is -0.124.